The fraction of sp³-hybridized carbons (Fsp3) is 0.300. The Balaban J connectivity index is 1.72. The van der Waals surface area contributed by atoms with Crippen molar-refractivity contribution in [1.82, 2.24) is 19.8 Å². The Bertz CT molecular complexity index is 1230. The zero-order valence-corrected chi connectivity index (χ0v) is 16.0. The van der Waals surface area contributed by atoms with Gasteiger partial charge in [-0.25, -0.2) is 9.37 Å². The van der Waals surface area contributed by atoms with Gasteiger partial charge in [-0.1, -0.05) is 12.1 Å². The number of rotatable bonds is 4. The highest BCUT2D eigenvalue weighted by Crippen LogP contribution is 2.30. The number of nitrogens with zero attached hydrogens (tertiary/aromatic N) is 5. The van der Waals surface area contributed by atoms with Crippen molar-refractivity contribution in [3.05, 3.63) is 62.7 Å². The zero-order valence-electron chi connectivity index (χ0n) is 16.0. The van der Waals surface area contributed by atoms with Crippen LogP contribution in [0.3, 0.4) is 0 Å². The van der Waals surface area contributed by atoms with Crippen LogP contribution in [0, 0.1) is 17.1 Å². The van der Waals surface area contributed by atoms with Gasteiger partial charge in [-0.2, -0.15) is 5.26 Å². The Hall–Kier alpha value is -3.58. The molecule has 4 rings (SSSR count). The quantitative estimate of drug-likeness (QED) is 0.655. The standard InChI is InChI=1S/C20H17F2N5O3/c1-2-19-24-16-3-4-26(22)10-14(16)20(29)27(19)9-12-6-18(30-25-12)13-7-17(28)15(21)5-11(13)8-23/h5-7,28H,2-4,9-10H2,1H3. The molecule has 0 radical (unpaired) electrons. The van der Waals surface area contributed by atoms with Crippen LogP contribution in [-0.4, -0.2) is 31.5 Å². The lowest BCUT2D eigenvalue weighted by atomic mass is 10.0. The maximum absolute atomic E-state index is 13.7. The molecule has 0 aliphatic carbocycles. The molecular formula is C20H17F2N5O3. The largest absolute Gasteiger partial charge is 0.505 e. The highest BCUT2D eigenvalue weighted by molar-refractivity contribution is 5.68. The third-order valence-corrected chi connectivity index (χ3v) is 5.02. The van der Waals surface area contributed by atoms with Gasteiger partial charge < -0.3 is 9.63 Å². The SMILES string of the molecule is CCc1nc2c(c(=O)n1Cc1cc(-c3cc(O)c(F)cc3C#N)on1)CN(F)CC2. The van der Waals surface area contributed by atoms with Crippen LogP contribution in [0.15, 0.2) is 27.5 Å². The number of fused-ring (bicyclic) bond motifs is 1. The van der Waals surface area contributed by atoms with E-state index in [1.54, 1.807) is 0 Å². The maximum Gasteiger partial charge on any atom is 0.258 e. The third-order valence-electron chi connectivity index (χ3n) is 5.02. The van der Waals surface area contributed by atoms with Crippen molar-refractivity contribution in [2.75, 3.05) is 6.54 Å². The molecule has 3 heterocycles. The lowest BCUT2D eigenvalue weighted by Crippen LogP contribution is -2.36. The minimum absolute atomic E-state index is 0.0297. The monoisotopic (exact) mass is 413 g/mol. The van der Waals surface area contributed by atoms with Crippen molar-refractivity contribution in [3.8, 4) is 23.1 Å². The molecule has 0 saturated carbocycles. The van der Waals surface area contributed by atoms with Gasteiger partial charge in [0.1, 0.15) is 17.6 Å². The van der Waals surface area contributed by atoms with Crippen LogP contribution >= 0.6 is 0 Å². The van der Waals surface area contributed by atoms with Gasteiger partial charge in [0.2, 0.25) is 0 Å². The summed E-state index contributed by atoms with van der Waals surface area (Å²) in [6.45, 7) is 1.98. The highest BCUT2D eigenvalue weighted by atomic mass is 19.2. The van der Waals surface area contributed by atoms with Crippen molar-refractivity contribution < 1.29 is 18.5 Å². The first-order chi connectivity index (χ1) is 14.4. The molecule has 1 aliphatic heterocycles. The summed E-state index contributed by atoms with van der Waals surface area (Å²) in [7, 11) is 0. The summed E-state index contributed by atoms with van der Waals surface area (Å²) in [5.74, 6) is -0.853. The summed E-state index contributed by atoms with van der Waals surface area (Å²) in [5, 5.41) is 23.4. The van der Waals surface area contributed by atoms with E-state index in [1.807, 2.05) is 13.0 Å². The lowest BCUT2D eigenvalue weighted by Gasteiger charge is -2.22. The number of aromatic hydroxyl groups is 1. The molecule has 0 amide bonds. The Labute approximate surface area is 169 Å². The summed E-state index contributed by atoms with van der Waals surface area (Å²) >= 11 is 0. The van der Waals surface area contributed by atoms with E-state index >= 15 is 0 Å². The first kappa shape index (κ1) is 19.7. The predicted molar refractivity (Wildman–Crippen MR) is 100 cm³/mol. The van der Waals surface area contributed by atoms with Gasteiger partial charge in [0.05, 0.1) is 29.9 Å². The predicted octanol–water partition coefficient (Wildman–Crippen LogP) is 2.47. The number of halogens is 2. The van der Waals surface area contributed by atoms with Crippen LogP contribution < -0.4 is 5.56 Å². The normalized spacial score (nSPS) is 13.8. The van der Waals surface area contributed by atoms with Gasteiger partial charge in [0, 0.05) is 31.0 Å². The van der Waals surface area contributed by atoms with E-state index in [0.29, 0.717) is 40.7 Å². The molecule has 0 unspecified atom stereocenters. The second-order valence-electron chi connectivity index (χ2n) is 6.94. The van der Waals surface area contributed by atoms with Crippen LogP contribution in [-0.2, 0) is 25.9 Å². The second-order valence-corrected chi connectivity index (χ2v) is 6.94. The molecule has 0 fully saturated rings. The number of aromatic nitrogens is 3. The second kappa shape index (κ2) is 7.68. The molecule has 10 heteroatoms. The van der Waals surface area contributed by atoms with E-state index in [9.17, 15) is 24.0 Å². The van der Waals surface area contributed by atoms with Crippen molar-refractivity contribution in [2.45, 2.75) is 32.9 Å². The smallest absolute Gasteiger partial charge is 0.258 e. The zero-order chi connectivity index (χ0) is 21.4. The maximum atomic E-state index is 13.7. The van der Waals surface area contributed by atoms with Crippen LogP contribution in [0.25, 0.3) is 11.3 Å². The van der Waals surface area contributed by atoms with Crippen LogP contribution in [0.1, 0.15) is 35.3 Å². The first-order valence-corrected chi connectivity index (χ1v) is 9.32. The van der Waals surface area contributed by atoms with E-state index in [1.165, 1.54) is 10.6 Å². The summed E-state index contributed by atoms with van der Waals surface area (Å²) in [6, 6.07) is 5.33. The molecule has 0 bridgehead atoms. The van der Waals surface area contributed by atoms with Crippen LogP contribution in [0.5, 0.6) is 5.75 Å². The number of hydrogen-bond acceptors (Lipinski definition) is 7. The summed E-state index contributed by atoms with van der Waals surface area (Å²) in [5.41, 5.74) is 1.11. The average Bonchev–Trinajstić information content (AvgIpc) is 3.20. The van der Waals surface area contributed by atoms with Gasteiger partial charge in [0.25, 0.3) is 5.56 Å². The van der Waals surface area contributed by atoms with Crippen molar-refractivity contribution in [2.24, 2.45) is 0 Å². The molecule has 1 N–H and O–H groups in total. The number of phenols is 1. The van der Waals surface area contributed by atoms with Crippen molar-refractivity contribution in [3.63, 3.8) is 0 Å². The van der Waals surface area contributed by atoms with E-state index < -0.39 is 11.6 Å². The topological polar surface area (TPSA) is 108 Å². The highest BCUT2D eigenvalue weighted by Gasteiger charge is 2.24. The fourth-order valence-electron chi connectivity index (χ4n) is 3.50. The average molecular weight is 413 g/mol. The molecule has 0 saturated heterocycles. The molecular weight excluding hydrogens is 396 g/mol. The summed E-state index contributed by atoms with van der Waals surface area (Å²) in [4.78, 5) is 17.5. The number of hydrogen-bond donors (Lipinski definition) is 1. The van der Waals surface area contributed by atoms with Crippen LogP contribution in [0.4, 0.5) is 8.87 Å². The molecule has 8 nitrogen and oxygen atoms in total. The Morgan fingerprint density at radius 2 is 2.17 bits per heavy atom. The van der Waals surface area contributed by atoms with E-state index in [-0.39, 0.29) is 42.1 Å². The summed E-state index contributed by atoms with van der Waals surface area (Å²) in [6.07, 6.45) is 0.866. The van der Waals surface area contributed by atoms with Gasteiger partial charge >= 0.3 is 0 Å². The van der Waals surface area contributed by atoms with E-state index in [2.05, 4.69) is 10.1 Å². The fourth-order valence-corrected chi connectivity index (χ4v) is 3.50. The number of phenolic OH excluding ortho intramolecular Hbond substituents is 1. The van der Waals surface area contributed by atoms with E-state index in [0.717, 1.165) is 12.1 Å². The third kappa shape index (κ3) is 3.44. The van der Waals surface area contributed by atoms with Crippen LogP contribution in [0.2, 0.25) is 0 Å². The van der Waals surface area contributed by atoms with Gasteiger partial charge in [-0.05, 0) is 12.1 Å². The Kier molecular flexibility index (Phi) is 5.05. The molecule has 0 spiro atoms. The first-order valence-electron chi connectivity index (χ1n) is 9.32. The number of benzene rings is 1. The van der Waals surface area contributed by atoms with Gasteiger partial charge in [0.15, 0.2) is 17.3 Å². The Morgan fingerprint density at radius 3 is 2.90 bits per heavy atom. The number of nitriles is 1. The molecule has 3 aromatic rings. The van der Waals surface area contributed by atoms with Crippen molar-refractivity contribution >= 4 is 0 Å². The molecule has 0 atom stereocenters. The van der Waals surface area contributed by atoms with E-state index in [4.69, 9.17) is 4.52 Å². The molecule has 2 aromatic heterocycles. The minimum Gasteiger partial charge on any atom is -0.505 e. The molecule has 154 valence electrons. The van der Waals surface area contributed by atoms with Gasteiger partial charge in [-0.15, -0.1) is 9.60 Å². The summed E-state index contributed by atoms with van der Waals surface area (Å²) < 4.78 is 33.9. The molecule has 30 heavy (non-hydrogen) atoms. The Morgan fingerprint density at radius 1 is 1.37 bits per heavy atom. The lowest BCUT2D eigenvalue weighted by molar-refractivity contribution is 0.00872. The molecule has 1 aliphatic rings. The minimum atomic E-state index is -0.920. The van der Waals surface area contributed by atoms with Gasteiger partial charge in [-0.3, -0.25) is 9.36 Å². The van der Waals surface area contributed by atoms with Crippen molar-refractivity contribution in [1.29, 1.82) is 5.26 Å². The number of aryl methyl sites for hydroxylation is 1. The molecule has 1 aromatic carbocycles.